The second-order valence-corrected chi connectivity index (χ2v) is 5.41. The van der Waals surface area contributed by atoms with E-state index < -0.39 is 0 Å². The molecule has 1 heterocycles. The number of benzene rings is 1. The summed E-state index contributed by atoms with van der Waals surface area (Å²) >= 11 is 0. The molecule has 0 radical (unpaired) electrons. The third-order valence-corrected chi connectivity index (χ3v) is 3.72. The summed E-state index contributed by atoms with van der Waals surface area (Å²) in [7, 11) is 0. The first-order chi connectivity index (χ1) is 10.3. The van der Waals surface area contributed by atoms with Crippen LogP contribution < -0.4 is 15.4 Å². The molecule has 1 aromatic rings. The van der Waals surface area contributed by atoms with E-state index in [4.69, 9.17) is 4.74 Å². The molecule has 1 saturated heterocycles. The Kier molecular flexibility index (Phi) is 6.28. The Labute approximate surface area is 126 Å². The summed E-state index contributed by atoms with van der Waals surface area (Å²) in [6, 6.07) is 7.46. The molecular weight excluding hydrogens is 264 g/mol. The zero-order valence-electron chi connectivity index (χ0n) is 12.4. The van der Waals surface area contributed by atoms with Gasteiger partial charge in [-0.3, -0.25) is 4.79 Å². The topological polar surface area (TPSA) is 50.4 Å². The van der Waals surface area contributed by atoms with Crippen LogP contribution in [0.15, 0.2) is 36.9 Å². The van der Waals surface area contributed by atoms with Crippen LogP contribution in [0.1, 0.15) is 25.7 Å². The van der Waals surface area contributed by atoms with Gasteiger partial charge < -0.3 is 15.4 Å². The molecule has 114 valence electrons. The number of carbonyl (C=O) groups excluding carboxylic acids is 1. The molecule has 4 heteroatoms. The summed E-state index contributed by atoms with van der Waals surface area (Å²) in [6.07, 6.45) is 5.61. The van der Waals surface area contributed by atoms with Crippen LogP contribution in [0.4, 0.5) is 5.69 Å². The van der Waals surface area contributed by atoms with E-state index in [2.05, 4.69) is 17.2 Å². The molecule has 1 fully saturated rings. The fourth-order valence-corrected chi connectivity index (χ4v) is 2.55. The summed E-state index contributed by atoms with van der Waals surface area (Å²) in [5.41, 5.74) is 0.784. The van der Waals surface area contributed by atoms with E-state index in [1.54, 1.807) is 6.08 Å². The van der Waals surface area contributed by atoms with Crippen molar-refractivity contribution in [3.05, 3.63) is 36.9 Å². The molecular formula is C17H24N2O2. The number of hydrogen-bond acceptors (Lipinski definition) is 3. The fraction of sp³-hybridized carbons (Fsp3) is 0.471. The average molecular weight is 288 g/mol. The zero-order valence-corrected chi connectivity index (χ0v) is 12.4. The van der Waals surface area contributed by atoms with Crippen LogP contribution in [-0.4, -0.2) is 25.6 Å². The third-order valence-electron chi connectivity index (χ3n) is 3.72. The van der Waals surface area contributed by atoms with Crippen molar-refractivity contribution in [3.63, 3.8) is 0 Å². The van der Waals surface area contributed by atoms with Crippen LogP contribution in [0.3, 0.4) is 0 Å². The normalized spacial score (nSPS) is 15.4. The quantitative estimate of drug-likeness (QED) is 0.758. The van der Waals surface area contributed by atoms with Gasteiger partial charge in [-0.15, -0.1) is 0 Å². The van der Waals surface area contributed by atoms with Crippen molar-refractivity contribution in [2.24, 2.45) is 5.92 Å². The summed E-state index contributed by atoms with van der Waals surface area (Å²) in [4.78, 5) is 12.0. The molecule has 0 spiro atoms. The van der Waals surface area contributed by atoms with Gasteiger partial charge in [-0.1, -0.05) is 18.7 Å². The number of rotatable bonds is 7. The van der Waals surface area contributed by atoms with Crippen molar-refractivity contribution >= 4 is 11.6 Å². The monoisotopic (exact) mass is 288 g/mol. The number of piperidine rings is 1. The van der Waals surface area contributed by atoms with E-state index >= 15 is 0 Å². The Hall–Kier alpha value is -1.81. The number of nitrogens with one attached hydrogen (secondary N) is 2. The highest BCUT2D eigenvalue weighted by Gasteiger charge is 2.14. The molecule has 1 aromatic carbocycles. The molecule has 1 amide bonds. The molecule has 0 unspecified atom stereocenters. The van der Waals surface area contributed by atoms with Gasteiger partial charge in [0.05, 0.1) is 0 Å². The van der Waals surface area contributed by atoms with Crippen LogP contribution in [0.2, 0.25) is 0 Å². The van der Waals surface area contributed by atoms with E-state index in [0.29, 0.717) is 18.9 Å². The molecule has 0 bridgehead atoms. The van der Waals surface area contributed by atoms with Crippen molar-refractivity contribution < 1.29 is 9.53 Å². The lowest BCUT2D eigenvalue weighted by Gasteiger charge is -2.22. The largest absolute Gasteiger partial charge is 0.489 e. The highest BCUT2D eigenvalue weighted by Crippen LogP contribution is 2.20. The predicted molar refractivity (Wildman–Crippen MR) is 85.6 cm³/mol. The second-order valence-electron chi connectivity index (χ2n) is 5.41. The third kappa shape index (κ3) is 5.60. The fourth-order valence-electron chi connectivity index (χ4n) is 2.55. The van der Waals surface area contributed by atoms with Crippen molar-refractivity contribution in [2.45, 2.75) is 25.7 Å². The lowest BCUT2D eigenvalue weighted by atomic mass is 9.93. The van der Waals surface area contributed by atoms with Crippen LogP contribution in [-0.2, 0) is 4.79 Å². The molecule has 21 heavy (non-hydrogen) atoms. The lowest BCUT2D eigenvalue weighted by Crippen LogP contribution is -2.28. The number of anilines is 1. The number of ether oxygens (including phenoxy) is 1. The predicted octanol–water partition coefficient (Wildman–Crippen LogP) is 2.97. The van der Waals surface area contributed by atoms with Gasteiger partial charge in [0.15, 0.2) is 0 Å². The highest BCUT2D eigenvalue weighted by molar-refractivity contribution is 5.90. The van der Waals surface area contributed by atoms with E-state index in [-0.39, 0.29) is 5.91 Å². The minimum atomic E-state index is 0.0782. The molecule has 2 N–H and O–H groups in total. The van der Waals surface area contributed by atoms with Gasteiger partial charge in [0.1, 0.15) is 12.4 Å². The van der Waals surface area contributed by atoms with Gasteiger partial charge in [0.2, 0.25) is 5.91 Å². The van der Waals surface area contributed by atoms with E-state index in [9.17, 15) is 4.79 Å². The Bertz CT molecular complexity index is 468. The maximum absolute atomic E-state index is 12.0. The Morgan fingerprint density at radius 2 is 2.24 bits per heavy atom. The molecule has 0 atom stereocenters. The van der Waals surface area contributed by atoms with Crippen LogP contribution in [0, 0.1) is 5.92 Å². The van der Waals surface area contributed by atoms with Crippen LogP contribution in [0.5, 0.6) is 5.75 Å². The maximum Gasteiger partial charge on any atom is 0.224 e. The minimum Gasteiger partial charge on any atom is -0.489 e. The van der Waals surface area contributed by atoms with Crippen molar-refractivity contribution in [1.29, 1.82) is 0 Å². The Morgan fingerprint density at radius 1 is 1.43 bits per heavy atom. The lowest BCUT2D eigenvalue weighted by molar-refractivity contribution is -0.116. The first-order valence-electron chi connectivity index (χ1n) is 7.62. The maximum atomic E-state index is 12.0. The van der Waals surface area contributed by atoms with Crippen molar-refractivity contribution in [3.8, 4) is 5.75 Å². The summed E-state index contributed by atoms with van der Waals surface area (Å²) in [6.45, 7) is 6.24. The van der Waals surface area contributed by atoms with E-state index in [1.165, 1.54) is 12.8 Å². The van der Waals surface area contributed by atoms with Gasteiger partial charge in [-0.2, -0.15) is 0 Å². The number of carbonyl (C=O) groups is 1. The van der Waals surface area contributed by atoms with Gasteiger partial charge in [-0.25, -0.2) is 0 Å². The minimum absolute atomic E-state index is 0.0782. The molecule has 4 nitrogen and oxygen atoms in total. The molecule has 0 saturated carbocycles. The first-order valence-corrected chi connectivity index (χ1v) is 7.62. The zero-order chi connectivity index (χ0) is 14.9. The summed E-state index contributed by atoms with van der Waals surface area (Å²) in [5.74, 6) is 1.50. The van der Waals surface area contributed by atoms with Crippen LogP contribution >= 0.6 is 0 Å². The van der Waals surface area contributed by atoms with E-state index in [1.807, 2.05) is 24.3 Å². The summed E-state index contributed by atoms with van der Waals surface area (Å²) in [5, 5.41) is 6.28. The number of amides is 1. The SMILES string of the molecule is C=CCOc1cccc(NC(=O)CCC2CCNCC2)c1. The molecule has 0 aliphatic carbocycles. The highest BCUT2D eigenvalue weighted by atomic mass is 16.5. The van der Waals surface area contributed by atoms with Gasteiger partial charge in [-0.05, 0) is 50.4 Å². The first kappa shape index (κ1) is 15.6. The molecule has 1 aliphatic heterocycles. The average Bonchev–Trinajstić information content (AvgIpc) is 2.52. The second kappa shape index (κ2) is 8.47. The van der Waals surface area contributed by atoms with Crippen molar-refractivity contribution in [2.75, 3.05) is 25.0 Å². The number of hydrogen-bond donors (Lipinski definition) is 2. The van der Waals surface area contributed by atoms with Crippen molar-refractivity contribution in [1.82, 2.24) is 5.32 Å². The van der Waals surface area contributed by atoms with Gasteiger partial charge in [0, 0.05) is 18.2 Å². The molecule has 0 aromatic heterocycles. The van der Waals surface area contributed by atoms with E-state index in [0.717, 1.165) is 30.9 Å². The Balaban J connectivity index is 1.77. The van der Waals surface area contributed by atoms with Gasteiger partial charge in [0.25, 0.3) is 0 Å². The molecule has 1 aliphatic rings. The Morgan fingerprint density at radius 3 is 3.00 bits per heavy atom. The molecule has 2 rings (SSSR count). The summed E-state index contributed by atoms with van der Waals surface area (Å²) < 4.78 is 5.46. The standard InChI is InChI=1S/C17H24N2O2/c1-2-12-21-16-5-3-4-15(13-16)19-17(20)7-6-14-8-10-18-11-9-14/h2-5,13-14,18H,1,6-12H2,(H,19,20). The van der Waals surface area contributed by atoms with Gasteiger partial charge >= 0.3 is 0 Å². The van der Waals surface area contributed by atoms with Crippen LogP contribution in [0.25, 0.3) is 0 Å². The smallest absolute Gasteiger partial charge is 0.224 e.